The smallest absolute Gasteiger partial charge is 0.235 e. The highest BCUT2D eigenvalue weighted by Gasteiger charge is 2.33. The van der Waals surface area contributed by atoms with E-state index in [1.54, 1.807) is 13.0 Å². The standard InChI is InChI=1S/C11H7ClF3N/c1-6-2-4-8(11(13,14)15)10-7(6)3-5-9(12)16-10/h2-5H,1H3. The maximum absolute atomic E-state index is 12.7. The molecule has 2 rings (SSSR count). The third kappa shape index (κ3) is 1.85. The molecule has 16 heavy (non-hydrogen) atoms. The van der Waals surface area contributed by atoms with Gasteiger partial charge >= 0.3 is 6.18 Å². The number of benzene rings is 1. The number of fused-ring (bicyclic) bond motifs is 1. The summed E-state index contributed by atoms with van der Waals surface area (Å²) in [5.74, 6) is 0. The average Bonchev–Trinajstić information content (AvgIpc) is 2.15. The van der Waals surface area contributed by atoms with Crippen molar-refractivity contribution in [1.29, 1.82) is 0 Å². The summed E-state index contributed by atoms with van der Waals surface area (Å²) < 4.78 is 38.1. The maximum atomic E-state index is 12.7. The predicted molar refractivity (Wildman–Crippen MR) is 56.5 cm³/mol. The Balaban J connectivity index is 2.86. The van der Waals surface area contributed by atoms with E-state index in [0.717, 1.165) is 11.6 Å². The second kappa shape index (κ2) is 3.63. The minimum absolute atomic E-state index is 0.0589. The van der Waals surface area contributed by atoms with Gasteiger partial charge in [-0.3, -0.25) is 0 Å². The van der Waals surface area contributed by atoms with Crippen LogP contribution >= 0.6 is 11.6 Å². The summed E-state index contributed by atoms with van der Waals surface area (Å²) in [5.41, 5.74) is -0.109. The molecule has 0 aliphatic carbocycles. The van der Waals surface area contributed by atoms with E-state index in [-0.39, 0.29) is 10.7 Å². The molecule has 0 saturated carbocycles. The quantitative estimate of drug-likeness (QED) is 0.634. The molecule has 0 radical (unpaired) electrons. The van der Waals surface area contributed by atoms with Crippen LogP contribution in [0.2, 0.25) is 5.15 Å². The zero-order chi connectivity index (χ0) is 11.9. The Kier molecular flexibility index (Phi) is 2.54. The van der Waals surface area contributed by atoms with Crippen LogP contribution in [0.25, 0.3) is 10.9 Å². The van der Waals surface area contributed by atoms with Crippen LogP contribution in [0.3, 0.4) is 0 Å². The second-order valence-corrected chi connectivity index (χ2v) is 3.85. The van der Waals surface area contributed by atoms with Crippen molar-refractivity contribution >= 4 is 22.5 Å². The summed E-state index contributed by atoms with van der Waals surface area (Å²) in [7, 11) is 0. The second-order valence-electron chi connectivity index (χ2n) is 3.46. The molecule has 0 fully saturated rings. The molecule has 1 aromatic carbocycles. The number of pyridine rings is 1. The number of aryl methyl sites for hydroxylation is 1. The number of hydrogen-bond donors (Lipinski definition) is 0. The minimum atomic E-state index is -4.41. The number of nitrogens with zero attached hydrogens (tertiary/aromatic N) is 1. The van der Waals surface area contributed by atoms with E-state index >= 15 is 0 Å². The van der Waals surface area contributed by atoms with E-state index in [1.807, 2.05) is 0 Å². The van der Waals surface area contributed by atoms with Crippen LogP contribution in [-0.2, 0) is 6.18 Å². The van der Waals surface area contributed by atoms with E-state index in [9.17, 15) is 13.2 Å². The van der Waals surface area contributed by atoms with Crippen molar-refractivity contribution in [1.82, 2.24) is 4.98 Å². The Morgan fingerprint density at radius 2 is 1.81 bits per heavy atom. The van der Waals surface area contributed by atoms with Crippen LogP contribution in [0.5, 0.6) is 0 Å². The molecule has 84 valence electrons. The molecule has 2 aromatic rings. The highest BCUT2D eigenvalue weighted by molar-refractivity contribution is 6.29. The Hall–Kier alpha value is -1.29. The van der Waals surface area contributed by atoms with Crippen molar-refractivity contribution in [3.8, 4) is 0 Å². The molecule has 5 heteroatoms. The lowest BCUT2D eigenvalue weighted by molar-refractivity contribution is -0.136. The van der Waals surface area contributed by atoms with E-state index in [4.69, 9.17) is 11.6 Å². The van der Waals surface area contributed by atoms with Gasteiger partial charge in [0.1, 0.15) is 5.15 Å². The van der Waals surface area contributed by atoms with Crippen LogP contribution in [0.15, 0.2) is 24.3 Å². The Labute approximate surface area is 94.9 Å². The lowest BCUT2D eigenvalue weighted by Gasteiger charge is -2.11. The number of halogens is 4. The summed E-state index contributed by atoms with van der Waals surface area (Å²) >= 11 is 5.61. The van der Waals surface area contributed by atoms with Crippen LogP contribution in [0.1, 0.15) is 11.1 Å². The highest BCUT2D eigenvalue weighted by atomic mass is 35.5. The van der Waals surface area contributed by atoms with Gasteiger partial charge in [0, 0.05) is 5.39 Å². The molecule has 0 aliphatic heterocycles. The van der Waals surface area contributed by atoms with Gasteiger partial charge in [-0.05, 0) is 30.7 Å². The SMILES string of the molecule is Cc1ccc(C(F)(F)F)c2nc(Cl)ccc12. The van der Waals surface area contributed by atoms with E-state index in [0.29, 0.717) is 5.39 Å². The first-order chi connectivity index (χ1) is 7.39. The van der Waals surface area contributed by atoms with Gasteiger partial charge in [0.25, 0.3) is 0 Å². The lowest BCUT2D eigenvalue weighted by Crippen LogP contribution is -2.07. The fraction of sp³-hybridized carbons (Fsp3) is 0.182. The van der Waals surface area contributed by atoms with Crippen molar-refractivity contribution in [2.75, 3.05) is 0 Å². The number of rotatable bonds is 0. The van der Waals surface area contributed by atoms with Gasteiger partial charge in [0.2, 0.25) is 0 Å². The minimum Gasteiger partial charge on any atom is -0.235 e. The van der Waals surface area contributed by atoms with Gasteiger partial charge < -0.3 is 0 Å². The largest absolute Gasteiger partial charge is 0.418 e. The average molecular weight is 246 g/mol. The molecule has 1 aromatic heterocycles. The molecular formula is C11H7ClF3N. The van der Waals surface area contributed by atoms with Crippen molar-refractivity contribution < 1.29 is 13.2 Å². The molecule has 0 amide bonds. The van der Waals surface area contributed by atoms with Gasteiger partial charge in [0.05, 0.1) is 11.1 Å². The summed E-state index contributed by atoms with van der Waals surface area (Å²) in [6.45, 7) is 1.73. The van der Waals surface area contributed by atoms with E-state index in [1.165, 1.54) is 12.1 Å². The summed E-state index contributed by atoms with van der Waals surface area (Å²) in [5, 5.41) is 0.530. The molecular weight excluding hydrogens is 239 g/mol. The topological polar surface area (TPSA) is 12.9 Å². The van der Waals surface area contributed by atoms with Gasteiger partial charge in [-0.25, -0.2) is 4.98 Å². The molecule has 0 atom stereocenters. The van der Waals surface area contributed by atoms with E-state index in [2.05, 4.69) is 4.98 Å². The Morgan fingerprint density at radius 1 is 1.12 bits per heavy atom. The molecule has 0 saturated heterocycles. The molecule has 0 unspecified atom stereocenters. The van der Waals surface area contributed by atoms with Crippen molar-refractivity contribution in [3.05, 3.63) is 40.5 Å². The van der Waals surface area contributed by atoms with Crippen molar-refractivity contribution in [3.63, 3.8) is 0 Å². The molecule has 1 heterocycles. The summed E-state index contributed by atoms with van der Waals surface area (Å²) in [6.07, 6.45) is -4.41. The Morgan fingerprint density at radius 3 is 2.44 bits per heavy atom. The molecule has 1 nitrogen and oxygen atoms in total. The van der Waals surface area contributed by atoms with Crippen LogP contribution in [0, 0.1) is 6.92 Å². The van der Waals surface area contributed by atoms with Crippen molar-refractivity contribution in [2.24, 2.45) is 0 Å². The normalized spacial score (nSPS) is 12.1. The fourth-order valence-corrected chi connectivity index (χ4v) is 1.71. The summed E-state index contributed by atoms with van der Waals surface area (Å²) in [4.78, 5) is 3.75. The first-order valence-electron chi connectivity index (χ1n) is 4.52. The third-order valence-electron chi connectivity index (χ3n) is 2.35. The maximum Gasteiger partial charge on any atom is 0.418 e. The predicted octanol–water partition coefficient (Wildman–Crippen LogP) is 4.22. The molecule has 0 aliphatic rings. The Bertz CT molecular complexity index is 549. The number of alkyl halides is 3. The van der Waals surface area contributed by atoms with E-state index < -0.39 is 11.7 Å². The van der Waals surface area contributed by atoms with Crippen LogP contribution in [-0.4, -0.2) is 4.98 Å². The monoisotopic (exact) mass is 245 g/mol. The number of aromatic nitrogens is 1. The zero-order valence-corrected chi connectivity index (χ0v) is 9.02. The van der Waals surface area contributed by atoms with Crippen LogP contribution in [0.4, 0.5) is 13.2 Å². The van der Waals surface area contributed by atoms with Crippen LogP contribution < -0.4 is 0 Å². The van der Waals surface area contributed by atoms with Gasteiger partial charge in [-0.2, -0.15) is 13.2 Å². The third-order valence-corrected chi connectivity index (χ3v) is 2.56. The fourth-order valence-electron chi connectivity index (χ4n) is 1.56. The lowest BCUT2D eigenvalue weighted by atomic mass is 10.0. The molecule has 0 bridgehead atoms. The first kappa shape index (κ1) is 11.2. The zero-order valence-electron chi connectivity index (χ0n) is 8.27. The van der Waals surface area contributed by atoms with Crippen molar-refractivity contribution in [2.45, 2.75) is 13.1 Å². The molecule has 0 spiro atoms. The molecule has 0 N–H and O–H groups in total. The first-order valence-corrected chi connectivity index (χ1v) is 4.90. The number of hydrogen-bond acceptors (Lipinski definition) is 1. The van der Waals surface area contributed by atoms with Gasteiger partial charge in [-0.15, -0.1) is 0 Å². The van der Waals surface area contributed by atoms with Gasteiger partial charge in [0.15, 0.2) is 0 Å². The highest BCUT2D eigenvalue weighted by Crippen LogP contribution is 2.35. The van der Waals surface area contributed by atoms with Gasteiger partial charge in [-0.1, -0.05) is 17.7 Å². The summed E-state index contributed by atoms with van der Waals surface area (Å²) in [6, 6.07) is 5.49.